The van der Waals surface area contributed by atoms with Gasteiger partial charge < -0.3 is 14.8 Å². The van der Waals surface area contributed by atoms with E-state index < -0.39 is 0 Å². The van der Waals surface area contributed by atoms with Crippen LogP contribution in [0.15, 0.2) is 48.0 Å². The van der Waals surface area contributed by atoms with E-state index in [4.69, 9.17) is 21.1 Å². The van der Waals surface area contributed by atoms with E-state index in [0.29, 0.717) is 22.0 Å². The lowest BCUT2D eigenvalue weighted by molar-refractivity contribution is 0.0346. The summed E-state index contributed by atoms with van der Waals surface area (Å²) in [6.07, 6.45) is 1.60. The maximum atomic E-state index is 9.74. The SMILES string of the molecule is COc1cc(Nc2c(C#N)cnc3cc(-c4csc(CN5CCOCC5)c4)ccc23)c(Cl)cc1C. The van der Waals surface area contributed by atoms with Crippen LogP contribution < -0.4 is 10.1 Å². The number of aromatic nitrogens is 1. The van der Waals surface area contributed by atoms with Crippen LogP contribution in [-0.4, -0.2) is 43.3 Å². The highest BCUT2D eigenvalue weighted by molar-refractivity contribution is 7.10. The maximum absolute atomic E-state index is 9.74. The molecule has 2 aromatic heterocycles. The topological polar surface area (TPSA) is 70.4 Å². The summed E-state index contributed by atoms with van der Waals surface area (Å²) in [4.78, 5) is 8.33. The summed E-state index contributed by atoms with van der Waals surface area (Å²) in [5.41, 5.74) is 5.82. The largest absolute Gasteiger partial charge is 0.496 e. The number of aryl methyl sites for hydroxylation is 1. The number of morpholine rings is 1. The number of hydrogen-bond acceptors (Lipinski definition) is 7. The van der Waals surface area contributed by atoms with Crippen LogP contribution in [0.5, 0.6) is 5.75 Å². The van der Waals surface area contributed by atoms with Crippen LogP contribution in [0.4, 0.5) is 11.4 Å². The van der Waals surface area contributed by atoms with Crippen LogP contribution in [0.25, 0.3) is 22.0 Å². The van der Waals surface area contributed by atoms with Crippen LogP contribution >= 0.6 is 22.9 Å². The summed E-state index contributed by atoms with van der Waals surface area (Å²) in [6.45, 7) is 6.43. The van der Waals surface area contributed by atoms with E-state index in [9.17, 15) is 5.26 Å². The molecule has 1 N–H and O–H groups in total. The van der Waals surface area contributed by atoms with Crippen molar-refractivity contribution in [3.05, 3.63) is 69.0 Å². The van der Waals surface area contributed by atoms with Crippen molar-refractivity contribution in [1.29, 1.82) is 5.26 Å². The van der Waals surface area contributed by atoms with Crippen LogP contribution in [0.3, 0.4) is 0 Å². The van der Waals surface area contributed by atoms with Gasteiger partial charge in [0.1, 0.15) is 11.8 Å². The van der Waals surface area contributed by atoms with Crippen molar-refractivity contribution in [1.82, 2.24) is 9.88 Å². The molecular formula is C27H25ClN4O2S. The van der Waals surface area contributed by atoms with Gasteiger partial charge in [-0.2, -0.15) is 5.26 Å². The van der Waals surface area contributed by atoms with E-state index in [1.165, 1.54) is 10.4 Å². The number of nitrogens with one attached hydrogen (secondary N) is 1. The van der Waals surface area contributed by atoms with E-state index in [-0.39, 0.29) is 0 Å². The van der Waals surface area contributed by atoms with Gasteiger partial charge in [-0.15, -0.1) is 11.3 Å². The predicted octanol–water partition coefficient (Wildman–Crippen LogP) is 6.38. The lowest BCUT2D eigenvalue weighted by Gasteiger charge is -2.25. The highest BCUT2D eigenvalue weighted by atomic mass is 35.5. The van der Waals surface area contributed by atoms with Gasteiger partial charge >= 0.3 is 0 Å². The van der Waals surface area contributed by atoms with Gasteiger partial charge in [0, 0.05) is 42.2 Å². The highest BCUT2D eigenvalue weighted by Gasteiger charge is 2.15. The molecule has 0 bridgehead atoms. The monoisotopic (exact) mass is 504 g/mol. The Labute approximate surface area is 213 Å². The number of benzene rings is 2. The van der Waals surface area contributed by atoms with Crippen molar-refractivity contribution in [2.45, 2.75) is 13.5 Å². The standard InChI is InChI=1S/C27H25ClN4O2S/c1-17-9-23(28)25(12-26(17)33-2)31-27-20(13-29)14-30-24-11-18(3-4-22(24)27)19-10-21(35-16-19)15-32-5-7-34-8-6-32/h3-4,9-12,14,16H,5-8,15H2,1-2H3,(H,30,31). The first-order valence-electron chi connectivity index (χ1n) is 11.4. The number of thiophene rings is 1. The Morgan fingerprint density at radius 1 is 1.20 bits per heavy atom. The number of methoxy groups -OCH3 is 1. The van der Waals surface area contributed by atoms with Gasteiger partial charge in [0.25, 0.3) is 0 Å². The fraction of sp³-hybridized carbons (Fsp3) is 0.259. The highest BCUT2D eigenvalue weighted by Crippen LogP contribution is 2.37. The van der Waals surface area contributed by atoms with E-state index >= 15 is 0 Å². The van der Waals surface area contributed by atoms with Crippen molar-refractivity contribution >= 4 is 45.2 Å². The zero-order chi connectivity index (χ0) is 24.4. The van der Waals surface area contributed by atoms with Gasteiger partial charge in [0.2, 0.25) is 0 Å². The van der Waals surface area contributed by atoms with E-state index in [0.717, 1.165) is 60.6 Å². The Morgan fingerprint density at radius 3 is 2.80 bits per heavy atom. The average molecular weight is 505 g/mol. The summed E-state index contributed by atoms with van der Waals surface area (Å²) in [6, 6.07) is 14.4. The minimum atomic E-state index is 0.448. The molecule has 1 fully saturated rings. The number of anilines is 2. The maximum Gasteiger partial charge on any atom is 0.123 e. The Bertz CT molecular complexity index is 1420. The first kappa shape index (κ1) is 23.6. The predicted molar refractivity (Wildman–Crippen MR) is 142 cm³/mol. The molecule has 0 aliphatic carbocycles. The first-order valence-corrected chi connectivity index (χ1v) is 12.6. The Hall–Kier alpha value is -3.15. The third-order valence-electron chi connectivity index (χ3n) is 6.20. The van der Waals surface area contributed by atoms with Crippen molar-refractivity contribution in [3.8, 4) is 22.9 Å². The molecule has 8 heteroatoms. The molecule has 35 heavy (non-hydrogen) atoms. The zero-order valence-corrected chi connectivity index (χ0v) is 21.2. The molecule has 6 nitrogen and oxygen atoms in total. The third kappa shape index (κ3) is 4.97. The van der Waals surface area contributed by atoms with Crippen LogP contribution in [0.1, 0.15) is 16.0 Å². The second-order valence-electron chi connectivity index (χ2n) is 8.51. The zero-order valence-electron chi connectivity index (χ0n) is 19.6. The number of nitrogens with zero attached hydrogens (tertiary/aromatic N) is 3. The van der Waals surface area contributed by atoms with Gasteiger partial charge in [-0.1, -0.05) is 23.7 Å². The molecule has 2 aromatic carbocycles. The molecular weight excluding hydrogens is 480 g/mol. The Kier molecular flexibility index (Phi) is 6.89. The molecule has 0 amide bonds. The van der Waals surface area contributed by atoms with Crippen molar-refractivity contribution < 1.29 is 9.47 Å². The molecule has 1 aliphatic rings. The number of nitriles is 1. The van der Waals surface area contributed by atoms with E-state index in [1.807, 2.05) is 25.1 Å². The Morgan fingerprint density at radius 2 is 2.03 bits per heavy atom. The Balaban J connectivity index is 1.47. The number of fused-ring (bicyclic) bond motifs is 1. The molecule has 178 valence electrons. The molecule has 0 atom stereocenters. The number of pyridine rings is 1. The third-order valence-corrected chi connectivity index (χ3v) is 7.44. The second kappa shape index (κ2) is 10.2. The lowest BCUT2D eigenvalue weighted by Crippen LogP contribution is -2.35. The average Bonchev–Trinajstić information content (AvgIpc) is 3.34. The number of ether oxygens (including phenoxy) is 2. The second-order valence-corrected chi connectivity index (χ2v) is 9.91. The molecule has 5 rings (SSSR count). The van der Waals surface area contributed by atoms with Gasteiger partial charge in [0.05, 0.1) is 47.8 Å². The summed E-state index contributed by atoms with van der Waals surface area (Å²) in [7, 11) is 1.63. The smallest absolute Gasteiger partial charge is 0.123 e. The number of hydrogen-bond donors (Lipinski definition) is 1. The molecule has 0 radical (unpaired) electrons. The summed E-state index contributed by atoms with van der Waals surface area (Å²) >= 11 is 8.28. The van der Waals surface area contributed by atoms with Crippen LogP contribution in [-0.2, 0) is 11.3 Å². The fourth-order valence-electron chi connectivity index (χ4n) is 4.29. The summed E-state index contributed by atoms with van der Waals surface area (Å²) in [5, 5.41) is 16.7. The molecule has 0 unspecified atom stereocenters. The van der Waals surface area contributed by atoms with Gasteiger partial charge in [-0.25, -0.2) is 0 Å². The normalized spacial score (nSPS) is 14.1. The van der Waals surface area contributed by atoms with E-state index in [2.05, 4.69) is 44.8 Å². The van der Waals surface area contributed by atoms with Gasteiger partial charge in [-0.3, -0.25) is 9.88 Å². The quantitative estimate of drug-likeness (QED) is 0.328. The summed E-state index contributed by atoms with van der Waals surface area (Å²) < 4.78 is 10.9. The van der Waals surface area contributed by atoms with Gasteiger partial charge in [0.15, 0.2) is 0 Å². The molecule has 3 heterocycles. The molecule has 1 aliphatic heterocycles. The summed E-state index contributed by atoms with van der Waals surface area (Å²) in [5.74, 6) is 0.724. The molecule has 0 spiro atoms. The van der Waals surface area contributed by atoms with Crippen LogP contribution in [0, 0.1) is 18.3 Å². The van der Waals surface area contributed by atoms with Crippen LogP contribution in [0.2, 0.25) is 5.02 Å². The molecule has 1 saturated heterocycles. The van der Waals surface area contributed by atoms with Gasteiger partial charge in [-0.05, 0) is 47.2 Å². The van der Waals surface area contributed by atoms with Crippen molar-refractivity contribution in [2.24, 2.45) is 0 Å². The van der Waals surface area contributed by atoms with E-state index in [1.54, 1.807) is 24.6 Å². The first-order chi connectivity index (χ1) is 17.1. The number of halogens is 1. The number of rotatable bonds is 6. The molecule has 4 aromatic rings. The fourth-order valence-corrected chi connectivity index (χ4v) is 5.49. The lowest BCUT2D eigenvalue weighted by atomic mass is 10.0. The van der Waals surface area contributed by atoms with Crippen molar-refractivity contribution in [3.63, 3.8) is 0 Å². The minimum absolute atomic E-state index is 0.448. The van der Waals surface area contributed by atoms with Crippen molar-refractivity contribution in [2.75, 3.05) is 38.7 Å². The minimum Gasteiger partial charge on any atom is -0.496 e. The molecule has 0 saturated carbocycles.